The van der Waals surface area contributed by atoms with Crippen molar-refractivity contribution in [2.75, 3.05) is 10.2 Å². The summed E-state index contributed by atoms with van der Waals surface area (Å²) < 4.78 is 40.3. The number of amides is 2. The van der Waals surface area contributed by atoms with Crippen molar-refractivity contribution in [2.24, 2.45) is 0 Å². The van der Waals surface area contributed by atoms with Gasteiger partial charge < -0.3 is 5.32 Å². The van der Waals surface area contributed by atoms with Crippen molar-refractivity contribution in [3.63, 3.8) is 0 Å². The number of carbonyl (C=O) groups excluding carboxylic acids is 2. The van der Waals surface area contributed by atoms with E-state index in [2.05, 4.69) is 10.3 Å². The van der Waals surface area contributed by atoms with E-state index in [1.165, 1.54) is 54.4 Å². The molecule has 0 aliphatic carbocycles. The molecule has 0 spiro atoms. The van der Waals surface area contributed by atoms with Crippen LogP contribution in [-0.4, -0.2) is 16.8 Å². The molecule has 30 heavy (non-hydrogen) atoms. The Kier molecular flexibility index (Phi) is 6.37. The number of halogens is 4. The van der Waals surface area contributed by atoms with E-state index in [0.29, 0.717) is 11.8 Å². The summed E-state index contributed by atoms with van der Waals surface area (Å²) in [5.74, 6) is -3.01. The molecule has 9 heteroatoms. The number of hydrogen-bond acceptors (Lipinski definition) is 3. The van der Waals surface area contributed by atoms with Crippen molar-refractivity contribution >= 4 is 40.6 Å². The largest absolute Gasteiger partial charge is 0.326 e. The van der Waals surface area contributed by atoms with Gasteiger partial charge in [0.15, 0.2) is 0 Å². The standard InChI is InChI=1S/C21H15ClF3N3O2/c1-12(29)28(16-4-2-13(23)3-5-16)20-10-15(6-7-26-20)27-21(30)11-17-18(22)8-14(24)9-19(17)25/h2-10H,11H2,1H3,(H,26,27,30). The Bertz CT molecular complexity index is 1080. The van der Waals surface area contributed by atoms with Crippen molar-refractivity contribution in [1.29, 1.82) is 0 Å². The predicted molar refractivity (Wildman–Crippen MR) is 107 cm³/mol. The van der Waals surface area contributed by atoms with Gasteiger partial charge in [-0.05, 0) is 36.4 Å². The molecule has 5 nitrogen and oxygen atoms in total. The van der Waals surface area contributed by atoms with E-state index in [1.807, 2.05) is 0 Å². The lowest BCUT2D eigenvalue weighted by Gasteiger charge is -2.20. The Balaban J connectivity index is 1.82. The molecular formula is C21H15ClF3N3O2. The molecule has 3 aromatic rings. The molecule has 2 aromatic carbocycles. The number of nitrogens with zero attached hydrogens (tertiary/aromatic N) is 2. The molecule has 1 aromatic heterocycles. The molecular weight excluding hydrogens is 419 g/mol. The normalized spacial score (nSPS) is 10.6. The van der Waals surface area contributed by atoms with Crippen LogP contribution < -0.4 is 10.2 Å². The van der Waals surface area contributed by atoms with Crippen LogP contribution in [0.3, 0.4) is 0 Å². The molecule has 0 atom stereocenters. The van der Waals surface area contributed by atoms with Crippen LogP contribution in [0.4, 0.5) is 30.4 Å². The van der Waals surface area contributed by atoms with Crippen molar-refractivity contribution in [1.82, 2.24) is 4.98 Å². The highest BCUT2D eigenvalue weighted by atomic mass is 35.5. The molecule has 1 heterocycles. The molecule has 0 aliphatic rings. The van der Waals surface area contributed by atoms with Crippen LogP contribution in [0.15, 0.2) is 54.7 Å². The van der Waals surface area contributed by atoms with Crippen molar-refractivity contribution in [3.8, 4) is 0 Å². The average Bonchev–Trinajstić information content (AvgIpc) is 2.66. The Morgan fingerprint density at radius 3 is 2.37 bits per heavy atom. The third kappa shape index (κ3) is 4.96. The number of nitrogens with one attached hydrogen (secondary N) is 1. The number of aromatic nitrogens is 1. The van der Waals surface area contributed by atoms with Gasteiger partial charge in [-0.3, -0.25) is 14.5 Å². The van der Waals surface area contributed by atoms with Gasteiger partial charge in [-0.1, -0.05) is 11.6 Å². The zero-order valence-corrected chi connectivity index (χ0v) is 16.4. The predicted octanol–water partition coefficient (Wildman–Crippen LogP) is 5.02. The number of pyridine rings is 1. The monoisotopic (exact) mass is 433 g/mol. The minimum absolute atomic E-state index is 0.137. The molecule has 0 saturated heterocycles. The Labute approximate surface area is 175 Å². The third-order valence-electron chi connectivity index (χ3n) is 4.10. The maximum atomic E-state index is 13.9. The lowest BCUT2D eigenvalue weighted by Crippen LogP contribution is -2.24. The first-order chi connectivity index (χ1) is 14.2. The van der Waals surface area contributed by atoms with Gasteiger partial charge in [0, 0.05) is 36.5 Å². The van der Waals surface area contributed by atoms with E-state index in [9.17, 15) is 22.8 Å². The van der Waals surface area contributed by atoms with Crippen molar-refractivity contribution < 1.29 is 22.8 Å². The van der Waals surface area contributed by atoms with Gasteiger partial charge in [0.2, 0.25) is 11.8 Å². The van der Waals surface area contributed by atoms with E-state index in [4.69, 9.17) is 11.6 Å². The molecule has 0 bridgehead atoms. The smallest absolute Gasteiger partial charge is 0.229 e. The van der Waals surface area contributed by atoms with E-state index in [1.54, 1.807) is 0 Å². The van der Waals surface area contributed by atoms with Crippen LogP contribution in [0.1, 0.15) is 12.5 Å². The molecule has 154 valence electrons. The zero-order chi connectivity index (χ0) is 21.8. The summed E-state index contributed by atoms with van der Waals surface area (Å²) in [4.78, 5) is 29.8. The lowest BCUT2D eigenvalue weighted by molar-refractivity contribution is -0.116. The summed E-state index contributed by atoms with van der Waals surface area (Å²) >= 11 is 5.82. The lowest BCUT2D eigenvalue weighted by atomic mass is 10.1. The minimum atomic E-state index is -0.926. The molecule has 1 N–H and O–H groups in total. The van der Waals surface area contributed by atoms with Gasteiger partial charge in [-0.2, -0.15) is 0 Å². The maximum absolute atomic E-state index is 13.9. The zero-order valence-electron chi connectivity index (χ0n) is 15.6. The minimum Gasteiger partial charge on any atom is -0.326 e. The summed E-state index contributed by atoms with van der Waals surface area (Å²) in [6.45, 7) is 1.32. The first kappa shape index (κ1) is 21.3. The number of anilines is 3. The summed E-state index contributed by atoms with van der Waals surface area (Å²) in [6, 6.07) is 9.73. The first-order valence-electron chi connectivity index (χ1n) is 8.70. The Morgan fingerprint density at radius 1 is 1.03 bits per heavy atom. The van der Waals surface area contributed by atoms with E-state index in [0.717, 1.165) is 6.07 Å². The molecule has 0 radical (unpaired) electrons. The van der Waals surface area contributed by atoms with Crippen LogP contribution in [0.25, 0.3) is 0 Å². The van der Waals surface area contributed by atoms with Gasteiger partial charge >= 0.3 is 0 Å². The highest BCUT2D eigenvalue weighted by molar-refractivity contribution is 6.31. The second kappa shape index (κ2) is 8.96. The van der Waals surface area contributed by atoms with E-state index in [-0.39, 0.29) is 28.0 Å². The van der Waals surface area contributed by atoms with Gasteiger partial charge in [0.25, 0.3) is 0 Å². The molecule has 0 aliphatic heterocycles. The third-order valence-corrected chi connectivity index (χ3v) is 4.44. The summed E-state index contributed by atoms with van der Waals surface area (Å²) in [7, 11) is 0. The molecule has 0 unspecified atom stereocenters. The fourth-order valence-electron chi connectivity index (χ4n) is 2.79. The average molecular weight is 434 g/mol. The van der Waals surface area contributed by atoms with Crippen molar-refractivity contribution in [2.45, 2.75) is 13.3 Å². The fraction of sp³-hybridized carbons (Fsp3) is 0.0952. The van der Waals surface area contributed by atoms with Gasteiger partial charge in [0.05, 0.1) is 17.1 Å². The van der Waals surface area contributed by atoms with Crippen LogP contribution in [0.2, 0.25) is 5.02 Å². The Morgan fingerprint density at radius 2 is 1.73 bits per heavy atom. The number of rotatable bonds is 5. The number of hydrogen-bond donors (Lipinski definition) is 1. The van der Waals surface area contributed by atoms with E-state index < -0.39 is 29.8 Å². The van der Waals surface area contributed by atoms with Gasteiger partial charge in [-0.25, -0.2) is 18.2 Å². The quantitative estimate of drug-likeness (QED) is 0.614. The second-order valence-corrected chi connectivity index (χ2v) is 6.71. The summed E-state index contributed by atoms with van der Waals surface area (Å²) in [5.41, 5.74) is 0.540. The van der Waals surface area contributed by atoms with Crippen LogP contribution in [0.5, 0.6) is 0 Å². The van der Waals surface area contributed by atoms with Crippen LogP contribution >= 0.6 is 11.6 Å². The number of benzene rings is 2. The van der Waals surface area contributed by atoms with Crippen LogP contribution in [-0.2, 0) is 16.0 Å². The van der Waals surface area contributed by atoms with Crippen LogP contribution in [0, 0.1) is 17.5 Å². The van der Waals surface area contributed by atoms with Crippen molar-refractivity contribution in [3.05, 3.63) is 82.8 Å². The molecule has 0 saturated carbocycles. The van der Waals surface area contributed by atoms with E-state index >= 15 is 0 Å². The Hall–Kier alpha value is -3.39. The highest BCUT2D eigenvalue weighted by Crippen LogP contribution is 2.27. The summed E-state index contributed by atoms with van der Waals surface area (Å²) in [5, 5.41) is 2.36. The number of carbonyl (C=O) groups is 2. The second-order valence-electron chi connectivity index (χ2n) is 6.31. The first-order valence-corrected chi connectivity index (χ1v) is 9.08. The molecule has 2 amide bonds. The highest BCUT2D eigenvalue weighted by Gasteiger charge is 2.18. The van der Waals surface area contributed by atoms with Gasteiger partial charge in [0.1, 0.15) is 23.3 Å². The topological polar surface area (TPSA) is 62.3 Å². The fourth-order valence-corrected chi connectivity index (χ4v) is 3.05. The maximum Gasteiger partial charge on any atom is 0.229 e. The van der Waals surface area contributed by atoms with Gasteiger partial charge in [-0.15, -0.1) is 0 Å². The SMILES string of the molecule is CC(=O)N(c1ccc(F)cc1)c1cc(NC(=O)Cc2c(F)cc(F)cc2Cl)ccn1. The molecule has 0 fully saturated rings. The summed E-state index contributed by atoms with van der Waals surface area (Å²) in [6.07, 6.45) is 0.951. The molecule has 3 rings (SSSR count).